The lowest BCUT2D eigenvalue weighted by Crippen LogP contribution is -2.36. The molecule has 1 N–H and O–H groups in total. The fraction of sp³-hybridized carbons (Fsp3) is 0.0930. The Kier molecular flexibility index (Phi) is 6.31. The quantitative estimate of drug-likeness (QED) is 0.199. The Morgan fingerprint density at radius 2 is 1.36 bits per heavy atom. The lowest BCUT2D eigenvalue weighted by atomic mass is 9.81. The van der Waals surface area contributed by atoms with Gasteiger partial charge in [0.05, 0.1) is 0 Å². The van der Waals surface area contributed by atoms with E-state index in [1.54, 1.807) is 11.9 Å². The summed E-state index contributed by atoms with van der Waals surface area (Å²) in [5.74, 6) is 0. The van der Waals surface area contributed by atoms with Gasteiger partial charge in [0.15, 0.2) is 0 Å². The Hall–Kier alpha value is -5.32. The lowest BCUT2D eigenvalue weighted by molar-refractivity contribution is 0.484. The van der Waals surface area contributed by atoms with E-state index in [0.717, 1.165) is 16.8 Å². The highest BCUT2D eigenvalue weighted by Gasteiger charge is 2.36. The summed E-state index contributed by atoms with van der Waals surface area (Å²) in [4.78, 5) is 5.55. The van der Waals surface area contributed by atoms with Gasteiger partial charge in [-0.1, -0.05) is 99.3 Å². The molecule has 1 unspecified atom stereocenters. The summed E-state index contributed by atoms with van der Waals surface area (Å²) >= 11 is 1.75. The Morgan fingerprint density at radius 3 is 2.11 bits per heavy atom. The SMILES string of the molecule is C=C1NC2C=CC(c3ccc4cc(-c5ccc6c(c5)C(C)(C)c5cc(-c7cccnc7)ccc5-6)ccc4c3)=CN2Sc2ccccc21. The molecule has 0 bridgehead atoms. The van der Waals surface area contributed by atoms with Crippen LogP contribution in [0, 0.1) is 0 Å². The first-order valence-corrected chi connectivity index (χ1v) is 16.9. The van der Waals surface area contributed by atoms with Crippen molar-refractivity contribution in [2.75, 3.05) is 0 Å². The minimum Gasteiger partial charge on any atom is -0.361 e. The topological polar surface area (TPSA) is 28.2 Å². The zero-order valence-corrected chi connectivity index (χ0v) is 27.2. The molecule has 226 valence electrons. The minimum absolute atomic E-state index is 0.0555. The van der Waals surface area contributed by atoms with Crippen LogP contribution in [0.25, 0.3) is 55.4 Å². The summed E-state index contributed by atoms with van der Waals surface area (Å²) in [7, 11) is 0. The Morgan fingerprint density at radius 1 is 0.702 bits per heavy atom. The second kappa shape index (κ2) is 10.6. The predicted molar refractivity (Wildman–Crippen MR) is 197 cm³/mol. The van der Waals surface area contributed by atoms with Gasteiger partial charge in [-0.15, -0.1) is 0 Å². The largest absolute Gasteiger partial charge is 0.361 e. The molecule has 0 fully saturated rings. The number of allylic oxidation sites excluding steroid dienone is 2. The summed E-state index contributed by atoms with van der Waals surface area (Å²) in [6, 6.07) is 40.1. The number of nitrogens with zero attached hydrogens (tertiary/aromatic N) is 2. The molecule has 3 aliphatic rings. The van der Waals surface area contributed by atoms with E-state index in [1.807, 2.05) is 18.5 Å². The number of nitrogens with one attached hydrogen (secondary N) is 1. The van der Waals surface area contributed by atoms with Gasteiger partial charge in [-0.25, -0.2) is 0 Å². The molecule has 1 atom stereocenters. The van der Waals surface area contributed by atoms with Gasteiger partial charge >= 0.3 is 0 Å². The second-order valence-electron chi connectivity index (χ2n) is 13.1. The van der Waals surface area contributed by atoms with Crippen molar-refractivity contribution in [2.24, 2.45) is 0 Å². The number of aromatic nitrogens is 1. The first-order valence-electron chi connectivity index (χ1n) is 16.1. The molecule has 5 aromatic carbocycles. The van der Waals surface area contributed by atoms with Gasteiger partial charge in [-0.3, -0.25) is 9.29 Å². The van der Waals surface area contributed by atoms with Crippen molar-refractivity contribution in [3.05, 3.63) is 169 Å². The number of rotatable bonds is 3. The van der Waals surface area contributed by atoms with E-state index >= 15 is 0 Å². The summed E-state index contributed by atoms with van der Waals surface area (Å²) in [6.45, 7) is 8.99. The average molecular weight is 624 g/mol. The van der Waals surface area contributed by atoms with Crippen LogP contribution < -0.4 is 5.32 Å². The molecule has 3 heterocycles. The third-order valence-corrected chi connectivity index (χ3v) is 11.0. The maximum Gasteiger partial charge on any atom is 0.129 e. The van der Waals surface area contributed by atoms with Crippen LogP contribution in [0.5, 0.6) is 0 Å². The van der Waals surface area contributed by atoms with Crippen molar-refractivity contribution in [2.45, 2.75) is 30.3 Å². The van der Waals surface area contributed by atoms with E-state index < -0.39 is 0 Å². The van der Waals surface area contributed by atoms with Crippen molar-refractivity contribution < 1.29 is 0 Å². The summed E-state index contributed by atoms with van der Waals surface area (Å²) in [5, 5.41) is 6.05. The van der Waals surface area contributed by atoms with Crippen molar-refractivity contribution in [1.29, 1.82) is 0 Å². The van der Waals surface area contributed by atoms with Crippen molar-refractivity contribution >= 4 is 34.0 Å². The maximum absolute atomic E-state index is 4.34. The van der Waals surface area contributed by atoms with Crippen LogP contribution in [0.4, 0.5) is 0 Å². The number of pyridine rings is 1. The maximum atomic E-state index is 4.34. The normalized spacial score (nSPS) is 17.2. The van der Waals surface area contributed by atoms with Crippen LogP contribution in [-0.4, -0.2) is 15.5 Å². The standard InChI is InChI=1S/C43H33N3S/c1-27-36-8-4-5-9-41(36)47-46-26-35(16-19-42(46)45-27)31-13-12-28-21-30(11-10-29(28)22-31)32-14-17-37-38-18-15-33(34-7-6-20-44-25-34)24-40(38)43(2,3)39(37)23-32/h4-26,42,45H,1H2,2-3H3. The third-order valence-electron chi connectivity index (χ3n) is 9.91. The van der Waals surface area contributed by atoms with Crippen molar-refractivity contribution in [3.8, 4) is 33.4 Å². The smallest absolute Gasteiger partial charge is 0.129 e. The molecule has 0 radical (unpaired) electrons. The van der Waals surface area contributed by atoms with Gasteiger partial charge in [0.2, 0.25) is 0 Å². The van der Waals surface area contributed by atoms with E-state index in [4.69, 9.17) is 0 Å². The second-order valence-corrected chi connectivity index (χ2v) is 14.2. The van der Waals surface area contributed by atoms with Crippen LogP contribution in [0.2, 0.25) is 0 Å². The average Bonchev–Trinajstić information content (AvgIpc) is 3.23. The van der Waals surface area contributed by atoms with Crippen LogP contribution in [0.15, 0.2) is 151 Å². The first kappa shape index (κ1) is 27.9. The van der Waals surface area contributed by atoms with Gasteiger partial charge in [0, 0.05) is 40.2 Å². The molecule has 0 spiro atoms. The van der Waals surface area contributed by atoms with E-state index in [9.17, 15) is 0 Å². The molecule has 0 saturated heterocycles. The molecule has 1 aromatic heterocycles. The zero-order valence-electron chi connectivity index (χ0n) is 26.4. The van der Waals surface area contributed by atoms with Crippen LogP contribution >= 0.6 is 11.9 Å². The fourth-order valence-electron chi connectivity index (χ4n) is 7.31. The number of fused-ring (bicyclic) bond motifs is 6. The molecule has 0 saturated carbocycles. The Bertz CT molecular complexity index is 2310. The highest BCUT2D eigenvalue weighted by Crippen LogP contribution is 2.50. The minimum atomic E-state index is -0.0958. The molecular formula is C43H33N3S. The van der Waals surface area contributed by atoms with Gasteiger partial charge in [-0.2, -0.15) is 0 Å². The number of hydrogen-bond acceptors (Lipinski definition) is 4. The fourth-order valence-corrected chi connectivity index (χ4v) is 8.37. The summed E-state index contributed by atoms with van der Waals surface area (Å²) < 4.78 is 2.28. The van der Waals surface area contributed by atoms with E-state index in [2.05, 4.69) is 157 Å². The van der Waals surface area contributed by atoms with Crippen LogP contribution in [-0.2, 0) is 5.41 Å². The van der Waals surface area contributed by atoms with Crippen LogP contribution in [0.1, 0.15) is 36.1 Å². The van der Waals surface area contributed by atoms with Crippen molar-refractivity contribution in [3.63, 3.8) is 0 Å². The molecule has 9 rings (SSSR count). The molecule has 1 aliphatic carbocycles. The molecule has 47 heavy (non-hydrogen) atoms. The summed E-state index contributed by atoms with van der Waals surface area (Å²) in [6.07, 6.45) is 10.5. The predicted octanol–water partition coefficient (Wildman–Crippen LogP) is 10.7. The lowest BCUT2D eigenvalue weighted by Gasteiger charge is -2.29. The molecule has 6 aromatic rings. The monoisotopic (exact) mass is 623 g/mol. The zero-order chi connectivity index (χ0) is 31.7. The van der Waals surface area contributed by atoms with E-state index in [0.29, 0.717) is 0 Å². The molecule has 0 amide bonds. The molecular weight excluding hydrogens is 591 g/mol. The third kappa shape index (κ3) is 4.63. The van der Waals surface area contributed by atoms with Crippen LogP contribution in [0.3, 0.4) is 0 Å². The summed E-state index contributed by atoms with van der Waals surface area (Å²) in [5.41, 5.74) is 14.7. The Labute approximate surface area is 280 Å². The van der Waals surface area contributed by atoms with E-state index in [-0.39, 0.29) is 11.6 Å². The highest BCUT2D eigenvalue weighted by atomic mass is 32.2. The van der Waals surface area contributed by atoms with Gasteiger partial charge in [0.25, 0.3) is 0 Å². The van der Waals surface area contributed by atoms with Gasteiger partial charge in [0.1, 0.15) is 6.17 Å². The van der Waals surface area contributed by atoms with Crippen molar-refractivity contribution in [1.82, 2.24) is 14.6 Å². The first-order chi connectivity index (χ1) is 22.9. The van der Waals surface area contributed by atoms with E-state index in [1.165, 1.54) is 65.7 Å². The van der Waals surface area contributed by atoms with Gasteiger partial charge < -0.3 is 5.32 Å². The Balaban J connectivity index is 1.01. The number of hydrogen-bond donors (Lipinski definition) is 1. The molecule has 4 heteroatoms. The number of benzene rings is 5. The molecule has 2 aliphatic heterocycles. The highest BCUT2D eigenvalue weighted by molar-refractivity contribution is 7.97. The molecule has 3 nitrogen and oxygen atoms in total. The van der Waals surface area contributed by atoms with Gasteiger partial charge in [-0.05, 0) is 121 Å².